The Labute approximate surface area is 187 Å². The number of carboxylic acids is 2. The van der Waals surface area contributed by atoms with Gasteiger partial charge in [-0.05, 0) is 24.1 Å². The summed E-state index contributed by atoms with van der Waals surface area (Å²) in [5, 5.41) is 64.4. The maximum Gasteiger partial charge on any atom is 0.328 e. The Morgan fingerprint density at radius 2 is 1.67 bits per heavy atom. The summed E-state index contributed by atoms with van der Waals surface area (Å²) in [4.78, 5) is 23.8. The van der Waals surface area contributed by atoms with Gasteiger partial charge >= 0.3 is 11.9 Å². The number of hydrogen-bond acceptors (Lipinski definition) is 7. The van der Waals surface area contributed by atoms with Crippen molar-refractivity contribution in [1.29, 1.82) is 0 Å². The molecule has 2 heterocycles. The average molecular weight is 454 g/mol. The number of aromatic hydroxyl groups is 4. The SMILES string of the molecule is O=C(O)CCC1(C(=O)O)NC(c2ccc(O)cc2O)c2c1c(O)n(Cc1ccccc1)c2O. The number of nitrogens with zero attached hydrogens (tertiary/aromatic N) is 1. The van der Waals surface area contributed by atoms with Crippen LogP contribution in [-0.4, -0.2) is 47.1 Å². The largest absolute Gasteiger partial charge is 0.508 e. The van der Waals surface area contributed by atoms with Gasteiger partial charge in [-0.1, -0.05) is 30.3 Å². The molecule has 4 rings (SSSR count). The topological polar surface area (TPSA) is 172 Å². The predicted molar refractivity (Wildman–Crippen MR) is 114 cm³/mol. The number of carbonyl (C=O) groups is 2. The first-order valence-electron chi connectivity index (χ1n) is 10.1. The molecule has 1 aliphatic rings. The van der Waals surface area contributed by atoms with Crippen molar-refractivity contribution < 1.29 is 40.2 Å². The number of hydrogen-bond donors (Lipinski definition) is 7. The zero-order valence-corrected chi connectivity index (χ0v) is 17.3. The molecule has 0 radical (unpaired) electrons. The van der Waals surface area contributed by atoms with Crippen LogP contribution in [0.2, 0.25) is 0 Å². The van der Waals surface area contributed by atoms with Crippen LogP contribution in [0.5, 0.6) is 23.3 Å². The van der Waals surface area contributed by atoms with Crippen LogP contribution >= 0.6 is 0 Å². The van der Waals surface area contributed by atoms with Crippen LogP contribution in [0.3, 0.4) is 0 Å². The lowest BCUT2D eigenvalue weighted by Crippen LogP contribution is -2.46. The molecule has 2 unspecified atom stereocenters. The third kappa shape index (κ3) is 3.60. The van der Waals surface area contributed by atoms with Gasteiger partial charge in [-0.25, -0.2) is 4.79 Å². The highest BCUT2D eigenvalue weighted by molar-refractivity contribution is 5.86. The van der Waals surface area contributed by atoms with Gasteiger partial charge in [-0.15, -0.1) is 0 Å². The lowest BCUT2D eigenvalue weighted by atomic mass is 9.87. The van der Waals surface area contributed by atoms with Crippen molar-refractivity contribution in [2.24, 2.45) is 0 Å². The van der Waals surface area contributed by atoms with Crippen molar-refractivity contribution in [3.63, 3.8) is 0 Å². The molecular formula is C23H22N2O8. The van der Waals surface area contributed by atoms with Gasteiger partial charge in [0.15, 0.2) is 11.8 Å². The molecular weight excluding hydrogens is 432 g/mol. The van der Waals surface area contributed by atoms with Gasteiger partial charge in [0.1, 0.15) is 17.0 Å². The molecule has 33 heavy (non-hydrogen) atoms. The first kappa shape index (κ1) is 22.0. The van der Waals surface area contributed by atoms with Crippen molar-refractivity contribution in [2.45, 2.75) is 31.0 Å². The zero-order valence-electron chi connectivity index (χ0n) is 17.3. The number of phenols is 2. The number of nitrogens with one attached hydrogen (secondary N) is 1. The van der Waals surface area contributed by atoms with Crippen molar-refractivity contribution in [3.05, 3.63) is 70.8 Å². The lowest BCUT2D eigenvalue weighted by Gasteiger charge is -2.28. The van der Waals surface area contributed by atoms with E-state index in [4.69, 9.17) is 0 Å². The van der Waals surface area contributed by atoms with E-state index in [2.05, 4.69) is 5.32 Å². The van der Waals surface area contributed by atoms with Gasteiger partial charge in [0, 0.05) is 23.6 Å². The van der Waals surface area contributed by atoms with Crippen LogP contribution in [0.25, 0.3) is 0 Å². The second kappa shape index (κ2) is 8.06. The summed E-state index contributed by atoms with van der Waals surface area (Å²) in [6, 6.07) is 11.5. The van der Waals surface area contributed by atoms with Gasteiger partial charge in [0.2, 0.25) is 0 Å². The van der Waals surface area contributed by atoms with Gasteiger partial charge in [-0.2, -0.15) is 0 Å². The van der Waals surface area contributed by atoms with E-state index in [9.17, 15) is 40.2 Å². The normalized spacial score (nSPS) is 19.3. The van der Waals surface area contributed by atoms with Gasteiger partial charge in [0.05, 0.1) is 18.2 Å². The molecule has 2 atom stereocenters. The summed E-state index contributed by atoms with van der Waals surface area (Å²) in [6.07, 6.45) is -0.959. The van der Waals surface area contributed by atoms with Gasteiger partial charge in [-0.3, -0.25) is 14.7 Å². The summed E-state index contributed by atoms with van der Waals surface area (Å²) in [5.41, 5.74) is -1.34. The summed E-state index contributed by atoms with van der Waals surface area (Å²) >= 11 is 0. The second-order valence-electron chi connectivity index (χ2n) is 7.93. The summed E-state index contributed by atoms with van der Waals surface area (Å²) in [7, 11) is 0. The van der Waals surface area contributed by atoms with Crippen molar-refractivity contribution in [3.8, 4) is 23.3 Å². The molecule has 172 valence electrons. The Hall–Kier alpha value is -4.18. The van der Waals surface area contributed by atoms with Gasteiger partial charge in [0.25, 0.3) is 0 Å². The Balaban J connectivity index is 1.93. The molecule has 3 aromatic rings. The Morgan fingerprint density at radius 1 is 0.970 bits per heavy atom. The number of rotatable bonds is 7. The molecule has 0 spiro atoms. The van der Waals surface area contributed by atoms with Crippen LogP contribution in [0.1, 0.15) is 41.1 Å². The zero-order chi connectivity index (χ0) is 23.9. The summed E-state index contributed by atoms with van der Waals surface area (Å²) in [5.74, 6) is -4.21. The number of phenolic OH excluding ortho intramolecular Hbond substituents is 2. The Kier molecular flexibility index (Phi) is 5.38. The highest BCUT2D eigenvalue weighted by atomic mass is 16.4. The highest BCUT2D eigenvalue weighted by Crippen LogP contribution is 2.54. The first-order chi connectivity index (χ1) is 15.7. The molecule has 0 aliphatic carbocycles. The summed E-state index contributed by atoms with van der Waals surface area (Å²) in [6.45, 7) is 0.0222. The maximum absolute atomic E-state index is 12.5. The van der Waals surface area contributed by atoms with E-state index in [0.717, 1.165) is 16.2 Å². The van der Waals surface area contributed by atoms with Crippen LogP contribution in [0.4, 0.5) is 0 Å². The van der Waals surface area contributed by atoms with Crippen LogP contribution in [0, 0.1) is 0 Å². The fraction of sp³-hybridized carbons (Fsp3) is 0.217. The number of benzene rings is 2. The van der Waals surface area contributed by atoms with E-state index in [1.165, 1.54) is 12.1 Å². The number of carboxylic acid groups (broad SMARTS) is 2. The molecule has 0 saturated carbocycles. The number of aromatic nitrogens is 1. The van der Waals surface area contributed by atoms with E-state index < -0.39 is 48.1 Å². The smallest absolute Gasteiger partial charge is 0.328 e. The standard InChI is InChI=1S/C23H22N2O8/c26-13-6-7-14(15(27)10-13)19-17-18(23(24-19,22(32)33)9-8-16(28)29)21(31)25(20(17)30)11-12-4-2-1-3-5-12/h1-7,10,19,24,26-27,30-31H,8-9,11H2,(H,28,29)(H,32,33). The molecule has 0 saturated heterocycles. The number of aliphatic carboxylic acids is 2. The Morgan fingerprint density at radius 3 is 2.27 bits per heavy atom. The molecule has 0 bridgehead atoms. The van der Waals surface area contributed by atoms with E-state index >= 15 is 0 Å². The number of fused-ring (bicyclic) bond motifs is 1. The van der Waals surface area contributed by atoms with E-state index in [0.29, 0.717) is 0 Å². The fourth-order valence-corrected chi connectivity index (χ4v) is 4.39. The van der Waals surface area contributed by atoms with Crippen LogP contribution in [-0.2, 0) is 21.7 Å². The van der Waals surface area contributed by atoms with E-state index in [1.807, 2.05) is 0 Å². The molecule has 0 fully saturated rings. The molecule has 1 aromatic heterocycles. The minimum absolute atomic E-state index is 0.0113. The van der Waals surface area contributed by atoms with E-state index in [1.54, 1.807) is 30.3 Å². The van der Waals surface area contributed by atoms with Crippen molar-refractivity contribution in [2.75, 3.05) is 0 Å². The average Bonchev–Trinajstić information content (AvgIpc) is 3.23. The molecule has 10 nitrogen and oxygen atoms in total. The molecule has 7 N–H and O–H groups in total. The van der Waals surface area contributed by atoms with Crippen LogP contribution in [0.15, 0.2) is 48.5 Å². The van der Waals surface area contributed by atoms with Crippen molar-refractivity contribution in [1.82, 2.24) is 9.88 Å². The maximum atomic E-state index is 12.5. The van der Waals surface area contributed by atoms with Crippen LogP contribution < -0.4 is 5.32 Å². The monoisotopic (exact) mass is 454 g/mol. The van der Waals surface area contributed by atoms with Gasteiger partial charge < -0.3 is 30.6 Å². The summed E-state index contributed by atoms with van der Waals surface area (Å²) < 4.78 is 1.14. The first-order valence-corrected chi connectivity index (χ1v) is 10.1. The minimum atomic E-state index is -2.05. The fourth-order valence-electron chi connectivity index (χ4n) is 4.39. The molecule has 1 aliphatic heterocycles. The molecule has 2 aromatic carbocycles. The Bertz CT molecular complexity index is 1240. The molecule has 10 heteroatoms. The third-order valence-corrected chi connectivity index (χ3v) is 5.94. The van der Waals surface area contributed by atoms with Crippen molar-refractivity contribution >= 4 is 11.9 Å². The highest BCUT2D eigenvalue weighted by Gasteiger charge is 2.55. The third-order valence-electron chi connectivity index (χ3n) is 5.94. The second-order valence-corrected chi connectivity index (χ2v) is 7.93. The quantitative estimate of drug-likeness (QED) is 0.282. The van der Waals surface area contributed by atoms with E-state index in [-0.39, 0.29) is 34.7 Å². The lowest BCUT2D eigenvalue weighted by molar-refractivity contribution is -0.146. The minimum Gasteiger partial charge on any atom is -0.508 e. The molecule has 0 amide bonds. The predicted octanol–water partition coefficient (Wildman–Crippen LogP) is 2.20.